The fraction of sp³-hybridized carbons (Fsp3) is 0.429. The Kier molecular flexibility index (Phi) is 3.65. The van der Waals surface area contributed by atoms with Crippen LogP contribution in [0.15, 0.2) is 22.7 Å². The molecule has 0 spiro atoms. The lowest BCUT2D eigenvalue weighted by atomic mass is 10.1. The van der Waals surface area contributed by atoms with Gasteiger partial charge in [-0.15, -0.1) is 0 Å². The Hall–Kier alpha value is -1.84. The fourth-order valence-corrected chi connectivity index (χ4v) is 1.70. The molecule has 1 aromatic heterocycles. The molecule has 2 rings (SSSR count). The Morgan fingerprint density at radius 1 is 1.33 bits per heavy atom. The monoisotopic (exact) mass is 245 g/mol. The molecule has 0 aliphatic carbocycles. The van der Waals surface area contributed by atoms with E-state index in [9.17, 15) is 0 Å². The summed E-state index contributed by atoms with van der Waals surface area (Å²) in [4.78, 5) is 4.40. The van der Waals surface area contributed by atoms with Gasteiger partial charge in [-0.25, -0.2) is 0 Å². The summed E-state index contributed by atoms with van der Waals surface area (Å²) in [5.74, 6) is 1.98. The molecule has 0 bridgehead atoms. The maximum absolute atomic E-state index is 5.79. The summed E-state index contributed by atoms with van der Waals surface area (Å²) < 4.78 is 5.28. The number of nitrogens with zero attached hydrogens (tertiary/aromatic N) is 2. The summed E-state index contributed by atoms with van der Waals surface area (Å²) in [5.41, 5.74) is 8.51. The molecule has 2 aromatic rings. The number of rotatable bonds is 4. The maximum atomic E-state index is 5.79. The average molecular weight is 245 g/mol. The molecule has 1 aromatic carbocycles. The highest BCUT2D eigenvalue weighted by Gasteiger charge is 2.10. The molecular weight excluding hydrogens is 226 g/mol. The molecule has 0 unspecified atom stereocenters. The van der Waals surface area contributed by atoms with Crippen LogP contribution in [-0.2, 0) is 6.42 Å². The van der Waals surface area contributed by atoms with Gasteiger partial charge < -0.3 is 10.3 Å². The first-order chi connectivity index (χ1) is 8.56. The summed E-state index contributed by atoms with van der Waals surface area (Å²) in [6.07, 6.45) is 1.93. The average Bonchev–Trinajstić information content (AvgIpc) is 2.79. The second-order valence-corrected chi connectivity index (χ2v) is 5.02. The first-order valence-electron chi connectivity index (χ1n) is 6.25. The van der Waals surface area contributed by atoms with Gasteiger partial charge in [-0.3, -0.25) is 0 Å². The minimum Gasteiger partial charge on any atom is -0.399 e. The maximum Gasteiger partial charge on any atom is 0.257 e. The van der Waals surface area contributed by atoms with Crippen molar-refractivity contribution in [2.45, 2.75) is 33.6 Å². The molecule has 0 amide bonds. The Labute approximate surface area is 107 Å². The van der Waals surface area contributed by atoms with Gasteiger partial charge in [-0.2, -0.15) is 4.98 Å². The molecule has 0 radical (unpaired) electrons. The molecule has 0 saturated heterocycles. The molecule has 2 N–H and O–H groups in total. The van der Waals surface area contributed by atoms with Crippen molar-refractivity contribution in [2.75, 3.05) is 5.73 Å². The lowest BCUT2D eigenvalue weighted by molar-refractivity contribution is 0.419. The van der Waals surface area contributed by atoms with Crippen molar-refractivity contribution in [3.63, 3.8) is 0 Å². The summed E-state index contributed by atoms with van der Waals surface area (Å²) in [6, 6.07) is 5.74. The van der Waals surface area contributed by atoms with Crippen LogP contribution in [0.1, 0.15) is 31.7 Å². The van der Waals surface area contributed by atoms with E-state index in [1.165, 1.54) is 0 Å². The van der Waals surface area contributed by atoms with Crippen LogP contribution in [0, 0.1) is 12.8 Å². The SMILES string of the molecule is Cc1cc(-c2nc(CCC(C)C)no2)ccc1N. The fourth-order valence-electron chi connectivity index (χ4n) is 1.70. The van der Waals surface area contributed by atoms with Crippen LogP contribution >= 0.6 is 0 Å². The van der Waals surface area contributed by atoms with Crippen molar-refractivity contribution >= 4 is 5.69 Å². The second-order valence-electron chi connectivity index (χ2n) is 5.02. The molecule has 4 heteroatoms. The van der Waals surface area contributed by atoms with Gasteiger partial charge in [0.1, 0.15) is 0 Å². The number of aromatic nitrogens is 2. The van der Waals surface area contributed by atoms with Gasteiger partial charge in [0.05, 0.1) is 0 Å². The number of anilines is 1. The lowest BCUT2D eigenvalue weighted by Gasteiger charge is -2.00. The van der Waals surface area contributed by atoms with Crippen LogP contribution in [0.5, 0.6) is 0 Å². The number of hydrogen-bond acceptors (Lipinski definition) is 4. The lowest BCUT2D eigenvalue weighted by Crippen LogP contribution is -1.94. The van der Waals surface area contributed by atoms with Crippen molar-refractivity contribution in [1.29, 1.82) is 0 Å². The van der Waals surface area contributed by atoms with Crippen LogP contribution in [0.4, 0.5) is 5.69 Å². The predicted molar refractivity (Wildman–Crippen MR) is 72.0 cm³/mol. The molecular formula is C14H19N3O. The van der Waals surface area contributed by atoms with Gasteiger partial charge in [0.15, 0.2) is 5.82 Å². The Morgan fingerprint density at radius 3 is 2.78 bits per heavy atom. The first-order valence-corrected chi connectivity index (χ1v) is 6.25. The normalized spacial score (nSPS) is 11.1. The van der Waals surface area contributed by atoms with Crippen molar-refractivity contribution < 1.29 is 4.52 Å². The minimum atomic E-state index is 0.567. The minimum absolute atomic E-state index is 0.567. The van der Waals surface area contributed by atoms with Crippen molar-refractivity contribution in [1.82, 2.24) is 10.1 Å². The molecule has 18 heavy (non-hydrogen) atoms. The third-order valence-corrected chi connectivity index (χ3v) is 2.93. The summed E-state index contributed by atoms with van der Waals surface area (Å²) in [6.45, 7) is 6.34. The number of nitrogens with two attached hydrogens (primary N) is 1. The zero-order valence-electron chi connectivity index (χ0n) is 11.1. The van der Waals surface area contributed by atoms with Gasteiger partial charge in [0.25, 0.3) is 5.89 Å². The van der Waals surface area contributed by atoms with E-state index >= 15 is 0 Å². The number of benzene rings is 1. The van der Waals surface area contributed by atoms with Crippen LogP contribution in [0.3, 0.4) is 0 Å². The number of nitrogen functional groups attached to an aromatic ring is 1. The third-order valence-electron chi connectivity index (χ3n) is 2.93. The van der Waals surface area contributed by atoms with Gasteiger partial charge >= 0.3 is 0 Å². The van der Waals surface area contributed by atoms with Crippen molar-refractivity contribution in [3.8, 4) is 11.5 Å². The van der Waals surface area contributed by atoms with Gasteiger partial charge in [-0.1, -0.05) is 19.0 Å². The van der Waals surface area contributed by atoms with Crippen LogP contribution < -0.4 is 5.73 Å². The van der Waals surface area contributed by atoms with Crippen molar-refractivity contribution in [3.05, 3.63) is 29.6 Å². The molecule has 0 aliphatic rings. The second kappa shape index (κ2) is 5.21. The molecule has 1 heterocycles. The first kappa shape index (κ1) is 12.6. The largest absolute Gasteiger partial charge is 0.399 e. The zero-order chi connectivity index (χ0) is 13.1. The Morgan fingerprint density at radius 2 is 2.11 bits per heavy atom. The van der Waals surface area contributed by atoms with E-state index < -0.39 is 0 Å². The molecule has 4 nitrogen and oxygen atoms in total. The van der Waals surface area contributed by atoms with E-state index in [4.69, 9.17) is 10.3 Å². The van der Waals surface area contributed by atoms with Gasteiger partial charge in [0.2, 0.25) is 0 Å². The van der Waals surface area contributed by atoms with Crippen LogP contribution in [0.25, 0.3) is 11.5 Å². The van der Waals surface area contributed by atoms with Gasteiger partial charge in [-0.05, 0) is 43.0 Å². The summed E-state index contributed by atoms with van der Waals surface area (Å²) in [7, 11) is 0. The molecule has 0 aliphatic heterocycles. The molecule has 0 saturated carbocycles. The highest BCUT2D eigenvalue weighted by atomic mass is 16.5. The highest BCUT2D eigenvalue weighted by molar-refractivity contribution is 5.60. The molecule has 0 fully saturated rings. The molecule has 0 atom stereocenters. The van der Waals surface area contributed by atoms with E-state index in [1.54, 1.807) is 0 Å². The summed E-state index contributed by atoms with van der Waals surface area (Å²) >= 11 is 0. The Bertz CT molecular complexity index is 532. The van der Waals surface area contributed by atoms with E-state index in [0.29, 0.717) is 11.8 Å². The topological polar surface area (TPSA) is 64.9 Å². The van der Waals surface area contributed by atoms with E-state index in [0.717, 1.165) is 35.5 Å². The van der Waals surface area contributed by atoms with Gasteiger partial charge in [0, 0.05) is 17.7 Å². The van der Waals surface area contributed by atoms with Crippen LogP contribution in [-0.4, -0.2) is 10.1 Å². The smallest absolute Gasteiger partial charge is 0.257 e. The van der Waals surface area contributed by atoms with E-state index in [2.05, 4.69) is 24.0 Å². The number of hydrogen-bond donors (Lipinski definition) is 1. The predicted octanol–water partition coefficient (Wildman–Crippen LogP) is 3.22. The highest BCUT2D eigenvalue weighted by Crippen LogP contribution is 2.22. The van der Waals surface area contributed by atoms with E-state index in [1.807, 2.05) is 25.1 Å². The quantitative estimate of drug-likeness (QED) is 0.840. The molecule has 96 valence electrons. The standard InChI is InChI=1S/C14H19N3O/c1-9(2)4-7-13-16-14(18-17-13)11-5-6-12(15)10(3)8-11/h5-6,8-9H,4,7,15H2,1-3H3. The van der Waals surface area contributed by atoms with E-state index in [-0.39, 0.29) is 0 Å². The summed E-state index contributed by atoms with van der Waals surface area (Å²) in [5, 5.41) is 4.00. The Balaban J connectivity index is 2.16. The third kappa shape index (κ3) is 2.88. The number of aryl methyl sites for hydroxylation is 2. The zero-order valence-corrected chi connectivity index (χ0v) is 11.1. The van der Waals surface area contributed by atoms with Crippen LogP contribution in [0.2, 0.25) is 0 Å². The van der Waals surface area contributed by atoms with Crippen molar-refractivity contribution in [2.24, 2.45) is 5.92 Å².